The zero-order valence-corrected chi connectivity index (χ0v) is 26.8. The van der Waals surface area contributed by atoms with Crippen LogP contribution in [0.25, 0.3) is 0 Å². The normalized spacial score (nSPS) is 26.0. The Labute approximate surface area is 247 Å². The van der Waals surface area contributed by atoms with Crippen LogP contribution in [0.5, 0.6) is 0 Å². The molecule has 0 spiro atoms. The summed E-state index contributed by atoms with van der Waals surface area (Å²) < 4.78 is 4.98. The van der Waals surface area contributed by atoms with Crippen molar-refractivity contribution >= 4 is 23.7 Å². The molecule has 0 radical (unpaired) electrons. The molecule has 1 N–H and O–H groups in total. The lowest BCUT2D eigenvalue weighted by molar-refractivity contribution is -0.153. The number of piperidine rings is 2. The molecule has 234 valence electrons. The van der Waals surface area contributed by atoms with E-state index in [0.717, 1.165) is 58.0 Å². The van der Waals surface area contributed by atoms with Gasteiger partial charge in [0.05, 0.1) is 19.2 Å². The summed E-state index contributed by atoms with van der Waals surface area (Å²) in [5.74, 6) is -0.406. The van der Waals surface area contributed by atoms with E-state index < -0.39 is 17.5 Å². The van der Waals surface area contributed by atoms with Gasteiger partial charge >= 0.3 is 5.97 Å². The predicted molar refractivity (Wildman–Crippen MR) is 159 cm³/mol. The fourth-order valence-electron chi connectivity index (χ4n) is 6.77. The number of nitrogens with zero attached hydrogens (tertiary/aromatic N) is 4. The Morgan fingerprint density at radius 2 is 1.51 bits per heavy atom. The molecular formula is C31H55N5O5. The van der Waals surface area contributed by atoms with Crippen LogP contribution in [0, 0.1) is 11.3 Å². The molecule has 3 saturated heterocycles. The molecule has 3 rings (SSSR count). The van der Waals surface area contributed by atoms with Crippen LogP contribution in [0.15, 0.2) is 0 Å². The maximum Gasteiger partial charge on any atom is 0.328 e. The van der Waals surface area contributed by atoms with Crippen LogP contribution >= 0.6 is 0 Å². The molecule has 3 amide bonds. The molecule has 10 nitrogen and oxygen atoms in total. The molecule has 0 aromatic heterocycles. The molecule has 3 heterocycles. The molecule has 0 aromatic rings. The molecule has 5 atom stereocenters. The van der Waals surface area contributed by atoms with Crippen molar-refractivity contribution in [3.8, 4) is 0 Å². The minimum absolute atomic E-state index is 0.00878. The first-order chi connectivity index (χ1) is 19.3. The fraction of sp³-hybridized carbons (Fsp3) is 0.871. The van der Waals surface area contributed by atoms with Gasteiger partial charge in [0.1, 0.15) is 12.1 Å². The Bertz CT molecular complexity index is 934. The Kier molecular flexibility index (Phi) is 11.6. The Morgan fingerprint density at radius 1 is 0.902 bits per heavy atom. The molecule has 10 heteroatoms. The first-order valence-electron chi connectivity index (χ1n) is 15.7. The van der Waals surface area contributed by atoms with Gasteiger partial charge in [-0.25, -0.2) is 4.79 Å². The van der Waals surface area contributed by atoms with Gasteiger partial charge in [-0.1, -0.05) is 47.5 Å². The first kappa shape index (κ1) is 33.3. The van der Waals surface area contributed by atoms with Crippen molar-refractivity contribution in [1.29, 1.82) is 0 Å². The van der Waals surface area contributed by atoms with Crippen LogP contribution in [0.3, 0.4) is 0 Å². The van der Waals surface area contributed by atoms with Gasteiger partial charge in [0.2, 0.25) is 17.7 Å². The molecule has 3 fully saturated rings. The van der Waals surface area contributed by atoms with Gasteiger partial charge in [0, 0.05) is 26.2 Å². The summed E-state index contributed by atoms with van der Waals surface area (Å²) in [5, 5.41) is 3.13. The summed E-state index contributed by atoms with van der Waals surface area (Å²) in [6, 6.07) is -1.86. The van der Waals surface area contributed by atoms with E-state index in [1.807, 2.05) is 34.9 Å². The number of nitrogens with one attached hydrogen (secondary N) is 1. The third-order valence-corrected chi connectivity index (χ3v) is 9.42. The van der Waals surface area contributed by atoms with E-state index >= 15 is 0 Å². The summed E-state index contributed by atoms with van der Waals surface area (Å²) in [4.78, 5) is 61.4. The van der Waals surface area contributed by atoms with E-state index in [4.69, 9.17) is 4.74 Å². The summed E-state index contributed by atoms with van der Waals surface area (Å²) in [6.07, 6.45) is 7.01. The van der Waals surface area contributed by atoms with Crippen LogP contribution in [0.1, 0.15) is 86.0 Å². The highest BCUT2D eigenvalue weighted by molar-refractivity contribution is 5.90. The predicted octanol–water partition coefficient (Wildman–Crippen LogP) is 2.50. The molecule has 0 saturated carbocycles. The van der Waals surface area contributed by atoms with E-state index in [2.05, 4.69) is 29.0 Å². The number of ether oxygens (including phenoxy) is 1. The number of carbonyl (C=O) groups excluding carboxylic acids is 4. The number of methoxy groups -OCH3 is 1. The molecular weight excluding hydrogens is 522 g/mol. The van der Waals surface area contributed by atoms with E-state index in [0.29, 0.717) is 19.5 Å². The topological polar surface area (TPSA) is 102 Å². The van der Waals surface area contributed by atoms with Gasteiger partial charge in [-0.05, 0) is 70.0 Å². The molecule has 3 aliphatic heterocycles. The molecule has 0 aromatic carbocycles. The molecule has 41 heavy (non-hydrogen) atoms. The van der Waals surface area contributed by atoms with Crippen LogP contribution in [-0.2, 0) is 23.9 Å². The highest BCUT2D eigenvalue weighted by atomic mass is 16.5. The van der Waals surface area contributed by atoms with E-state index in [-0.39, 0.29) is 47.7 Å². The maximum absolute atomic E-state index is 14.1. The number of amides is 3. The van der Waals surface area contributed by atoms with Crippen LogP contribution in [0.2, 0.25) is 0 Å². The van der Waals surface area contributed by atoms with Gasteiger partial charge in [-0.2, -0.15) is 0 Å². The van der Waals surface area contributed by atoms with Gasteiger partial charge < -0.3 is 19.9 Å². The fourth-order valence-corrected chi connectivity index (χ4v) is 6.77. The largest absolute Gasteiger partial charge is 0.467 e. The highest BCUT2D eigenvalue weighted by Gasteiger charge is 2.43. The Hall–Kier alpha value is -2.20. The lowest BCUT2D eigenvalue weighted by atomic mass is 9.84. The average Bonchev–Trinajstić information content (AvgIpc) is 3.42. The van der Waals surface area contributed by atoms with Gasteiger partial charge in [-0.3, -0.25) is 24.2 Å². The summed E-state index contributed by atoms with van der Waals surface area (Å²) in [7, 11) is 5.18. The second-order valence-electron chi connectivity index (χ2n) is 13.8. The highest BCUT2D eigenvalue weighted by Crippen LogP contribution is 2.28. The smallest absolute Gasteiger partial charge is 0.328 e. The third kappa shape index (κ3) is 8.00. The van der Waals surface area contributed by atoms with Gasteiger partial charge in [0.15, 0.2) is 0 Å². The summed E-state index contributed by atoms with van der Waals surface area (Å²) in [6.45, 7) is 13.0. The summed E-state index contributed by atoms with van der Waals surface area (Å²) >= 11 is 0. The number of rotatable bonds is 9. The number of likely N-dealkylation sites (tertiary alicyclic amines) is 3. The number of likely N-dealkylation sites (N-methyl/N-ethyl adjacent to an activating group) is 2. The number of carbonyl (C=O) groups is 4. The maximum atomic E-state index is 14.1. The number of esters is 1. The second kappa shape index (κ2) is 14.3. The van der Waals surface area contributed by atoms with Crippen molar-refractivity contribution in [2.45, 2.75) is 116 Å². The van der Waals surface area contributed by atoms with Crippen LogP contribution < -0.4 is 5.32 Å². The zero-order chi connectivity index (χ0) is 30.5. The lowest BCUT2D eigenvalue weighted by Crippen LogP contribution is -2.62. The number of hydrogen-bond acceptors (Lipinski definition) is 7. The third-order valence-electron chi connectivity index (χ3n) is 9.42. The quantitative estimate of drug-likeness (QED) is 0.420. The SMILES string of the molecule is COC(=O)[C@@H]1CCCN1C(=O)[C@@H]1CCCCN1C[C@H](C(C)C)N(C)C(=O)[C@@H](NC(=O)[C@H]1CCCCN1C)C(C)(C)C. The molecule has 0 aliphatic carbocycles. The van der Waals surface area contributed by atoms with Gasteiger partial charge in [-0.15, -0.1) is 0 Å². The lowest BCUT2D eigenvalue weighted by Gasteiger charge is -2.44. The summed E-state index contributed by atoms with van der Waals surface area (Å²) in [5.41, 5.74) is -0.474. The van der Waals surface area contributed by atoms with Crippen molar-refractivity contribution < 1.29 is 23.9 Å². The van der Waals surface area contributed by atoms with Crippen LogP contribution in [0.4, 0.5) is 0 Å². The van der Waals surface area contributed by atoms with Crippen molar-refractivity contribution in [2.75, 3.05) is 47.4 Å². The molecule has 3 aliphatic rings. The monoisotopic (exact) mass is 577 g/mol. The van der Waals surface area contributed by atoms with Crippen molar-refractivity contribution in [3.63, 3.8) is 0 Å². The van der Waals surface area contributed by atoms with E-state index in [9.17, 15) is 19.2 Å². The Balaban J connectivity index is 1.77. The second-order valence-corrected chi connectivity index (χ2v) is 13.8. The van der Waals surface area contributed by atoms with Crippen molar-refractivity contribution in [2.24, 2.45) is 11.3 Å². The van der Waals surface area contributed by atoms with E-state index in [1.54, 1.807) is 9.80 Å². The zero-order valence-electron chi connectivity index (χ0n) is 26.8. The first-order valence-corrected chi connectivity index (χ1v) is 15.7. The van der Waals surface area contributed by atoms with Crippen molar-refractivity contribution in [1.82, 2.24) is 24.9 Å². The minimum Gasteiger partial charge on any atom is -0.467 e. The van der Waals surface area contributed by atoms with E-state index in [1.165, 1.54) is 7.11 Å². The average molecular weight is 578 g/mol. The van der Waals surface area contributed by atoms with Gasteiger partial charge in [0.25, 0.3) is 0 Å². The minimum atomic E-state index is -0.666. The Morgan fingerprint density at radius 3 is 2.10 bits per heavy atom. The van der Waals surface area contributed by atoms with Crippen molar-refractivity contribution in [3.05, 3.63) is 0 Å². The van der Waals surface area contributed by atoms with Crippen LogP contribution in [-0.4, -0.2) is 121 Å². The number of hydrogen-bond donors (Lipinski definition) is 1. The molecule has 0 unspecified atom stereocenters. The standard InChI is InChI=1S/C31H55N5O5/c1-21(2)25(20-35-18-12-10-15-23(35)28(38)36-19-13-16-24(36)30(40)41-8)34(7)29(39)26(31(3,4)5)32-27(37)22-14-9-11-17-33(22)6/h21-26H,9-20H2,1-8H3,(H,32,37)/t22-,23+,24+,25-,26-/m1/s1. The molecule has 0 bridgehead atoms.